The number of esters is 2. The van der Waals surface area contributed by atoms with Crippen LogP contribution >= 0.6 is 0 Å². The zero-order valence-electron chi connectivity index (χ0n) is 11.9. The summed E-state index contributed by atoms with van der Waals surface area (Å²) in [5.41, 5.74) is 0.941. The van der Waals surface area contributed by atoms with Gasteiger partial charge >= 0.3 is 11.9 Å². The van der Waals surface area contributed by atoms with E-state index in [1.54, 1.807) is 18.2 Å². The van der Waals surface area contributed by atoms with Crippen LogP contribution in [-0.2, 0) is 19.1 Å². The van der Waals surface area contributed by atoms with E-state index in [2.05, 4.69) is 19.8 Å². The first-order valence-corrected chi connectivity index (χ1v) is 6.24. The number of rotatable bonds is 4. The number of ether oxygens (including phenoxy) is 2. The van der Waals surface area contributed by atoms with Crippen molar-refractivity contribution in [2.24, 2.45) is 0 Å². The maximum absolute atomic E-state index is 13.1. The number of aromatic nitrogens is 1. The average molecular weight is 304 g/mol. The van der Waals surface area contributed by atoms with E-state index < -0.39 is 17.8 Å². The van der Waals surface area contributed by atoms with E-state index in [4.69, 9.17) is 0 Å². The Kier molecular flexibility index (Phi) is 4.67. The minimum atomic E-state index is -0.724. The molecule has 2 aromatic rings. The van der Waals surface area contributed by atoms with Gasteiger partial charge in [0, 0.05) is 11.1 Å². The topological polar surface area (TPSA) is 77.5 Å². The number of hydrogen-bond acceptors (Lipinski definition) is 6. The number of nitrogens with one attached hydrogen (secondary N) is 1. The minimum Gasteiger partial charge on any atom is -0.466 e. The highest BCUT2D eigenvalue weighted by atomic mass is 19.1. The third-order valence-electron chi connectivity index (χ3n) is 2.80. The van der Waals surface area contributed by atoms with Crippen LogP contribution in [0.25, 0.3) is 10.9 Å². The second-order valence-electron chi connectivity index (χ2n) is 4.26. The first kappa shape index (κ1) is 15.4. The summed E-state index contributed by atoms with van der Waals surface area (Å²) in [4.78, 5) is 26.9. The predicted molar refractivity (Wildman–Crippen MR) is 77.4 cm³/mol. The van der Waals surface area contributed by atoms with E-state index in [0.29, 0.717) is 16.6 Å². The van der Waals surface area contributed by atoms with Crippen LogP contribution in [0.15, 0.2) is 42.2 Å². The van der Waals surface area contributed by atoms with Crippen LogP contribution in [0.3, 0.4) is 0 Å². The summed E-state index contributed by atoms with van der Waals surface area (Å²) >= 11 is 0. The maximum atomic E-state index is 13.1. The summed E-state index contributed by atoms with van der Waals surface area (Å²) in [5, 5.41) is 3.37. The highest BCUT2D eigenvalue weighted by Gasteiger charge is 2.13. The molecule has 1 aromatic heterocycles. The van der Waals surface area contributed by atoms with E-state index in [1.807, 2.05) is 0 Å². The Bertz CT molecular complexity index is 758. The highest BCUT2D eigenvalue weighted by molar-refractivity contribution is 5.99. The molecule has 0 aliphatic rings. The molecular formula is C15H13FN2O4. The van der Waals surface area contributed by atoms with Crippen LogP contribution in [-0.4, -0.2) is 31.1 Å². The molecule has 0 spiro atoms. The molecule has 1 N–H and O–H groups in total. The Labute approximate surface area is 125 Å². The Hall–Kier alpha value is -2.96. The number of anilines is 1. The quantitative estimate of drug-likeness (QED) is 0.688. The number of halogens is 1. The lowest BCUT2D eigenvalue weighted by Gasteiger charge is -2.09. The molecule has 0 aliphatic carbocycles. The molecule has 0 saturated carbocycles. The second kappa shape index (κ2) is 6.66. The lowest BCUT2D eigenvalue weighted by molar-refractivity contribution is -0.138. The van der Waals surface area contributed by atoms with Crippen molar-refractivity contribution in [2.75, 3.05) is 19.5 Å². The van der Waals surface area contributed by atoms with E-state index in [1.165, 1.54) is 20.3 Å². The summed E-state index contributed by atoms with van der Waals surface area (Å²) in [5.74, 6) is -1.86. The third-order valence-corrected chi connectivity index (χ3v) is 2.80. The lowest BCUT2D eigenvalue weighted by Crippen LogP contribution is -2.15. The van der Waals surface area contributed by atoms with Gasteiger partial charge in [0.2, 0.25) is 0 Å². The molecule has 0 fully saturated rings. The minimum absolute atomic E-state index is 0.0872. The van der Waals surface area contributed by atoms with Gasteiger partial charge in [-0.15, -0.1) is 0 Å². The van der Waals surface area contributed by atoms with Crippen molar-refractivity contribution in [2.45, 2.75) is 0 Å². The molecule has 6 nitrogen and oxygen atoms in total. The molecule has 0 unspecified atom stereocenters. The number of carbonyl (C=O) groups is 2. The Morgan fingerprint density at radius 3 is 2.68 bits per heavy atom. The first-order chi connectivity index (χ1) is 10.5. The van der Waals surface area contributed by atoms with E-state index >= 15 is 0 Å². The summed E-state index contributed by atoms with van der Waals surface area (Å²) in [6.07, 6.45) is 2.08. The fourth-order valence-corrected chi connectivity index (χ4v) is 1.76. The SMILES string of the molecule is COC(=O)/C=C(/Nc1ccc2cc(F)cnc2c1)C(=O)OC. The molecule has 2 rings (SSSR count). The Morgan fingerprint density at radius 1 is 1.23 bits per heavy atom. The van der Waals surface area contributed by atoms with Gasteiger partial charge in [-0.25, -0.2) is 14.0 Å². The number of hydrogen-bond donors (Lipinski definition) is 1. The van der Waals surface area contributed by atoms with Gasteiger partial charge in [-0.2, -0.15) is 0 Å². The summed E-state index contributed by atoms with van der Waals surface area (Å²) in [6, 6.07) is 6.22. The predicted octanol–water partition coefficient (Wildman–Crippen LogP) is 2.02. The summed E-state index contributed by atoms with van der Waals surface area (Å²) < 4.78 is 22.2. The third kappa shape index (κ3) is 3.57. The van der Waals surface area contributed by atoms with Crippen molar-refractivity contribution in [1.82, 2.24) is 4.98 Å². The van der Waals surface area contributed by atoms with E-state index in [-0.39, 0.29) is 5.70 Å². The van der Waals surface area contributed by atoms with Gasteiger partial charge in [0.1, 0.15) is 11.5 Å². The molecule has 7 heteroatoms. The number of pyridine rings is 1. The number of fused-ring (bicyclic) bond motifs is 1. The molecule has 0 atom stereocenters. The maximum Gasteiger partial charge on any atom is 0.354 e. The number of methoxy groups -OCH3 is 2. The average Bonchev–Trinajstić information content (AvgIpc) is 2.53. The van der Waals surface area contributed by atoms with Crippen LogP contribution in [0.5, 0.6) is 0 Å². The molecule has 22 heavy (non-hydrogen) atoms. The Morgan fingerprint density at radius 2 is 2.00 bits per heavy atom. The largest absolute Gasteiger partial charge is 0.466 e. The van der Waals surface area contributed by atoms with Crippen LogP contribution in [0.2, 0.25) is 0 Å². The molecule has 1 aromatic carbocycles. The van der Waals surface area contributed by atoms with Crippen molar-refractivity contribution in [3.05, 3.63) is 48.1 Å². The molecule has 0 amide bonds. The zero-order valence-corrected chi connectivity index (χ0v) is 11.9. The summed E-state index contributed by atoms with van der Waals surface area (Å²) in [7, 11) is 2.39. The van der Waals surface area contributed by atoms with Crippen molar-refractivity contribution in [3.8, 4) is 0 Å². The smallest absolute Gasteiger partial charge is 0.354 e. The summed E-state index contributed by atoms with van der Waals surface area (Å²) in [6.45, 7) is 0. The van der Waals surface area contributed by atoms with E-state index in [9.17, 15) is 14.0 Å². The number of benzene rings is 1. The molecule has 1 heterocycles. The van der Waals surface area contributed by atoms with Crippen LogP contribution in [0.1, 0.15) is 0 Å². The van der Waals surface area contributed by atoms with Crippen molar-refractivity contribution < 1.29 is 23.5 Å². The number of nitrogens with zero attached hydrogens (tertiary/aromatic N) is 1. The van der Waals surface area contributed by atoms with Crippen LogP contribution < -0.4 is 5.32 Å². The lowest BCUT2D eigenvalue weighted by atomic mass is 10.2. The monoisotopic (exact) mass is 304 g/mol. The molecule has 0 radical (unpaired) electrons. The van der Waals surface area contributed by atoms with Crippen molar-refractivity contribution >= 4 is 28.5 Å². The second-order valence-corrected chi connectivity index (χ2v) is 4.26. The molecule has 0 bridgehead atoms. The van der Waals surface area contributed by atoms with Gasteiger partial charge in [0.25, 0.3) is 0 Å². The van der Waals surface area contributed by atoms with Gasteiger partial charge < -0.3 is 14.8 Å². The van der Waals surface area contributed by atoms with Gasteiger partial charge in [0.15, 0.2) is 0 Å². The molecular weight excluding hydrogens is 291 g/mol. The highest BCUT2D eigenvalue weighted by Crippen LogP contribution is 2.19. The van der Waals surface area contributed by atoms with E-state index in [0.717, 1.165) is 12.3 Å². The first-order valence-electron chi connectivity index (χ1n) is 6.24. The van der Waals surface area contributed by atoms with Gasteiger partial charge in [-0.05, 0) is 18.2 Å². The Balaban J connectivity index is 2.33. The molecule has 0 saturated heterocycles. The fraction of sp³-hybridized carbons (Fsp3) is 0.133. The van der Waals surface area contributed by atoms with Crippen LogP contribution in [0, 0.1) is 5.82 Å². The zero-order chi connectivity index (χ0) is 16.1. The van der Waals surface area contributed by atoms with Crippen molar-refractivity contribution in [1.29, 1.82) is 0 Å². The van der Waals surface area contributed by atoms with Crippen molar-refractivity contribution in [3.63, 3.8) is 0 Å². The van der Waals surface area contributed by atoms with Gasteiger partial charge in [-0.3, -0.25) is 4.98 Å². The fourth-order valence-electron chi connectivity index (χ4n) is 1.76. The standard InChI is InChI=1S/C15H13FN2O4/c1-21-14(19)7-13(15(20)22-2)18-11-4-3-9-5-10(16)8-17-12(9)6-11/h3-8,18H,1-2H3/b13-7+. The normalized spacial score (nSPS) is 11.1. The molecule has 114 valence electrons. The number of carbonyl (C=O) groups excluding carboxylic acids is 2. The van der Waals surface area contributed by atoms with Gasteiger partial charge in [0.05, 0.1) is 32.0 Å². The molecule has 0 aliphatic heterocycles. The van der Waals surface area contributed by atoms with Gasteiger partial charge in [-0.1, -0.05) is 6.07 Å². The van der Waals surface area contributed by atoms with Crippen LogP contribution in [0.4, 0.5) is 10.1 Å².